The molecule has 3 nitrogen and oxygen atoms in total. The predicted octanol–water partition coefficient (Wildman–Crippen LogP) is 6.42. The van der Waals surface area contributed by atoms with Crippen LogP contribution >= 0.6 is 0 Å². The minimum absolute atomic E-state index is 0.164. The Morgan fingerprint density at radius 2 is 1.24 bits per heavy atom. The first-order chi connectivity index (χ1) is 14.0. The Bertz CT molecular complexity index is 844. The molecule has 0 bridgehead atoms. The number of nitrogens with zero attached hydrogens (tertiary/aromatic N) is 1. The number of hydroxylamine groups is 2. The van der Waals surface area contributed by atoms with E-state index in [-0.39, 0.29) is 17.5 Å². The summed E-state index contributed by atoms with van der Waals surface area (Å²) in [4.78, 5) is 0. The molecule has 0 aliphatic rings. The lowest BCUT2D eigenvalue weighted by atomic mass is 9.81. The second kappa shape index (κ2) is 9.84. The molecule has 0 unspecified atom stereocenters. The Labute approximate surface area is 174 Å². The molecule has 0 saturated heterocycles. The molecule has 0 fully saturated rings. The van der Waals surface area contributed by atoms with Crippen molar-refractivity contribution in [1.82, 2.24) is 5.06 Å². The van der Waals surface area contributed by atoms with Gasteiger partial charge in [-0.15, -0.1) is 0 Å². The lowest BCUT2D eigenvalue weighted by molar-refractivity contribution is -0.201. The maximum Gasteiger partial charge on any atom is 0.0840 e. The summed E-state index contributed by atoms with van der Waals surface area (Å²) in [6, 6.07) is 30.0. The predicted molar refractivity (Wildman–Crippen MR) is 118 cm³/mol. The number of benzene rings is 3. The first kappa shape index (κ1) is 21.3. The van der Waals surface area contributed by atoms with Gasteiger partial charge in [-0.05, 0) is 22.1 Å². The standard InChI is InChI=1S/C26H31NO2/c1-26(2,3)25(23-17-11-6-12-18-23)27(28)24(22-15-9-5-10-16-22)20-29-19-21-13-7-4-8-14-21/h4-18,24-25,28H,19-20H2,1-3H3/t24-,25+/m0/s1. The summed E-state index contributed by atoms with van der Waals surface area (Å²) in [6.07, 6.45) is 0. The lowest BCUT2D eigenvalue weighted by Crippen LogP contribution is -2.39. The largest absolute Gasteiger partial charge is 0.375 e. The highest BCUT2D eigenvalue weighted by molar-refractivity contribution is 5.24. The molecule has 0 aliphatic carbocycles. The third kappa shape index (κ3) is 5.77. The van der Waals surface area contributed by atoms with Crippen molar-refractivity contribution in [1.29, 1.82) is 0 Å². The summed E-state index contributed by atoms with van der Waals surface area (Å²) in [5.41, 5.74) is 3.08. The monoisotopic (exact) mass is 389 g/mol. The maximum absolute atomic E-state index is 11.5. The summed E-state index contributed by atoms with van der Waals surface area (Å²) in [5, 5.41) is 12.9. The van der Waals surface area contributed by atoms with Gasteiger partial charge >= 0.3 is 0 Å². The van der Waals surface area contributed by atoms with Gasteiger partial charge in [-0.3, -0.25) is 0 Å². The molecule has 2 atom stereocenters. The fourth-order valence-electron chi connectivity index (χ4n) is 3.73. The first-order valence-electron chi connectivity index (χ1n) is 10.2. The lowest BCUT2D eigenvalue weighted by Gasteiger charge is -2.40. The van der Waals surface area contributed by atoms with Gasteiger partial charge in [-0.1, -0.05) is 112 Å². The van der Waals surface area contributed by atoms with E-state index in [0.29, 0.717) is 13.2 Å². The van der Waals surface area contributed by atoms with Crippen molar-refractivity contribution in [3.63, 3.8) is 0 Å². The van der Waals surface area contributed by atoms with Gasteiger partial charge in [0, 0.05) is 0 Å². The van der Waals surface area contributed by atoms with Crippen LogP contribution < -0.4 is 0 Å². The zero-order valence-corrected chi connectivity index (χ0v) is 17.5. The van der Waals surface area contributed by atoms with Crippen molar-refractivity contribution in [2.45, 2.75) is 39.5 Å². The highest BCUT2D eigenvalue weighted by Gasteiger charge is 2.36. The van der Waals surface area contributed by atoms with Crippen molar-refractivity contribution >= 4 is 0 Å². The van der Waals surface area contributed by atoms with Crippen molar-refractivity contribution in [2.75, 3.05) is 6.61 Å². The topological polar surface area (TPSA) is 32.7 Å². The van der Waals surface area contributed by atoms with Gasteiger partial charge in [-0.25, -0.2) is 0 Å². The van der Waals surface area contributed by atoms with Crippen LogP contribution in [0.3, 0.4) is 0 Å². The van der Waals surface area contributed by atoms with Gasteiger partial charge in [0.1, 0.15) is 0 Å². The van der Waals surface area contributed by atoms with Crippen LogP contribution in [-0.4, -0.2) is 16.9 Å². The van der Waals surface area contributed by atoms with Crippen LogP contribution in [0.2, 0.25) is 0 Å². The summed E-state index contributed by atoms with van der Waals surface area (Å²) < 4.78 is 6.05. The summed E-state index contributed by atoms with van der Waals surface area (Å²) >= 11 is 0. The molecule has 1 N–H and O–H groups in total. The van der Waals surface area contributed by atoms with E-state index in [1.54, 1.807) is 0 Å². The highest BCUT2D eigenvalue weighted by atomic mass is 16.5. The van der Waals surface area contributed by atoms with Crippen LogP contribution in [0.4, 0.5) is 0 Å². The quantitative estimate of drug-likeness (QED) is 0.451. The molecule has 0 aromatic heterocycles. The number of hydrogen-bond donors (Lipinski definition) is 1. The highest BCUT2D eigenvalue weighted by Crippen LogP contribution is 2.41. The minimum atomic E-state index is -0.274. The molecule has 3 heteroatoms. The molecule has 3 rings (SSSR count). The number of rotatable bonds is 8. The van der Waals surface area contributed by atoms with E-state index in [2.05, 4.69) is 45.0 Å². The number of hydrogen-bond acceptors (Lipinski definition) is 3. The van der Waals surface area contributed by atoms with E-state index in [4.69, 9.17) is 4.74 Å². The van der Waals surface area contributed by atoms with Crippen molar-refractivity contribution in [2.24, 2.45) is 5.41 Å². The zero-order valence-electron chi connectivity index (χ0n) is 17.5. The van der Waals surface area contributed by atoms with Crippen LogP contribution in [0.1, 0.15) is 49.5 Å². The molecule has 0 spiro atoms. The van der Waals surface area contributed by atoms with Crippen LogP contribution in [-0.2, 0) is 11.3 Å². The second-order valence-corrected chi connectivity index (χ2v) is 8.49. The van der Waals surface area contributed by atoms with Crippen molar-refractivity contribution in [3.05, 3.63) is 108 Å². The summed E-state index contributed by atoms with van der Waals surface area (Å²) in [7, 11) is 0. The molecule has 0 heterocycles. The zero-order chi connectivity index (χ0) is 20.7. The Morgan fingerprint density at radius 3 is 1.76 bits per heavy atom. The fraction of sp³-hybridized carbons (Fsp3) is 0.308. The second-order valence-electron chi connectivity index (χ2n) is 8.49. The van der Waals surface area contributed by atoms with Crippen LogP contribution in [0, 0.1) is 5.41 Å². The molecule has 152 valence electrons. The van der Waals surface area contributed by atoms with E-state index < -0.39 is 0 Å². The molecule has 3 aromatic rings. The van der Waals surface area contributed by atoms with E-state index in [0.717, 1.165) is 16.7 Å². The Kier molecular flexibility index (Phi) is 7.21. The van der Waals surface area contributed by atoms with Crippen LogP contribution in [0.15, 0.2) is 91.0 Å². The molecule has 3 aromatic carbocycles. The Morgan fingerprint density at radius 1 is 0.759 bits per heavy atom. The third-order valence-electron chi connectivity index (χ3n) is 5.09. The fourth-order valence-corrected chi connectivity index (χ4v) is 3.73. The third-order valence-corrected chi connectivity index (χ3v) is 5.09. The minimum Gasteiger partial charge on any atom is -0.375 e. The molecule has 29 heavy (non-hydrogen) atoms. The van der Waals surface area contributed by atoms with E-state index in [1.165, 1.54) is 5.06 Å². The summed E-state index contributed by atoms with van der Waals surface area (Å²) in [5.74, 6) is 0. The van der Waals surface area contributed by atoms with Crippen molar-refractivity contribution < 1.29 is 9.94 Å². The van der Waals surface area contributed by atoms with Gasteiger partial charge in [0.15, 0.2) is 0 Å². The van der Waals surface area contributed by atoms with Gasteiger partial charge in [0.25, 0.3) is 0 Å². The number of ether oxygens (including phenoxy) is 1. The van der Waals surface area contributed by atoms with Gasteiger partial charge in [0.2, 0.25) is 0 Å². The Hall–Kier alpha value is -2.46. The molecule has 0 saturated carbocycles. The molecular formula is C26H31NO2. The van der Waals surface area contributed by atoms with Gasteiger partial charge in [0.05, 0.1) is 25.3 Å². The normalized spacial score (nSPS) is 14.0. The molecule has 0 amide bonds. The molecule has 0 radical (unpaired) electrons. The van der Waals surface area contributed by atoms with Crippen LogP contribution in [0.25, 0.3) is 0 Å². The first-order valence-corrected chi connectivity index (χ1v) is 10.2. The maximum atomic E-state index is 11.5. The van der Waals surface area contributed by atoms with Crippen molar-refractivity contribution in [3.8, 4) is 0 Å². The van der Waals surface area contributed by atoms with Gasteiger partial charge in [-0.2, -0.15) is 5.06 Å². The molecule has 0 aliphatic heterocycles. The van der Waals surface area contributed by atoms with E-state index in [1.807, 2.05) is 66.7 Å². The van der Waals surface area contributed by atoms with Crippen LogP contribution in [0.5, 0.6) is 0 Å². The van der Waals surface area contributed by atoms with E-state index in [9.17, 15) is 5.21 Å². The van der Waals surface area contributed by atoms with Gasteiger partial charge < -0.3 is 9.94 Å². The average molecular weight is 390 g/mol. The SMILES string of the molecule is CC(C)(C)[C@@H](c1ccccc1)N(O)[C@@H](COCc1ccccc1)c1ccccc1. The smallest absolute Gasteiger partial charge is 0.0840 e. The van der Waals surface area contributed by atoms with E-state index >= 15 is 0 Å². The summed E-state index contributed by atoms with van der Waals surface area (Å²) in [6.45, 7) is 7.38. The molecular weight excluding hydrogens is 358 g/mol. The average Bonchev–Trinajstić information content (AvgIpc) is 2.72. The Balaban J connectivity index is 1.85.